The summed E-state index contributed by atoms with van der Waals surface area (Å²) >= 11 is 0. The van der Waals surface area contributed by atoms with Gasteiger partial charge in [0.25, 0.3) is 11.8 Å². The Morgan fingerprint density at radius 3 is 2.08 bits per heavy atom. The van der Waals surface area contributed by atoms with Crippen molar-refractivity contribution < 1.29 is 9.59 Å². The predicted octanol–water partition coefficient (Wildman–Crippen LogP) is 0.878. The molecule has 1 rings (SSSR count). The van der Waals surface area contributed by atoms with Gasteiger partial charge >= 0.3 is 0 Å². The lowest BCUT2D eigenvalue weighted by Gasteiger charge is -2.23. The number of nitrogens with zero attached hydrogens (tertiary/aromatic N) is 1. The summed E-state index contributed by atoms with van der Waals surface area (Å²) in [4.78, 5) is 23.6. The Labute approximate surface area is 71.4 Å². The quantitative estimate of drug-likeness (QED) is 0.394. The molecule has 0 N–H and O–H groups in total. The summed E-state index contributed by atoms with van der Waals surface area (Å²) in [5, 5.41) is 0. The van der Waals surface area contributed by atoms with E-state index in [9.17, 15) is 9.59 Å². The molecule has 3 nitrogen and oxygen atoms in total. The first-order valence-corrected chi connectivity index (χ1v) is 3.66. The van der Waals surface area contributed by atoms with Gasteiger partial charge in [-0.2, -0.15) is 0 Å². The normalized spacial score (nSPS) is 19.2. The van der Waals surface area contributed by atoms with E-state index < -0.39 is 0 Å². The fourth-order valence-corrected chi connectivity index (χ4v) is 1.09. The number of likely N-dealkylation sites (N-methyl/N-ethyl adjacent to an activating group) is 1. The molecule has 64 valence electrons. The smallest absolute Gasteiger partial charge is 0.260 e. The molecule has 0 atom stereocenters. The van der Waals surface area contributed by atoms with Crippen LogP contribution in [0, 0.1) is 0 Å². The van der Waals surface area contributed by atoms with Crippen molar-refractivity contribution in [2.75, 3.05) is 7.05 Å². The van der Waals surface area contributed by atoms with Gasteiger partial charge in [0.2, 0.25) is 0 Å². The van der Waals surface area contributed by atoms with E-state index in [4.69, 9.17) is 0 Å². The maximum Gasteiger partial charge on any atom is 0.260 e. The number of amides is 2. The van der Waals surface area contributed by atoms with E-state index in [-0.39, 0.29) is 11.8 Å². The van der Waals surface area contributed by atoms with E-state index >= 15 is 0 Å². The fourth-order valence-electron chi connectivity index (χ4n) is 1.09. The molecule has 0 saturated heterocycles. The Morgan fingerprint density at radius 1 is 1.08 bits per heavy atom. The average Bonchev–Trinajstić information content (AvgIpc) is 2.08. The molecule has 0 aromatic carbocycles. The fraction of sp³-hybridized carbons (Fsp3) is 0.333. The van der Waals surface area contributed by atoms with Gasteiger partial charge in [-0.1, -0.05) is 6.58 Å². The molecule has 0 unspecified atom stereocenters. The molecule has 0 radical (unpaired) electrons. The largest absolute Gasteiger partial charge is 0.278 e. The van der Waals surface area contributed by atoms with Gasteiger partial charge < -0.3 is 0 Å². The van der Waals surface area contributed by atoms with Crippen LogP contribution in [-0.2, 0) is 9.59 Å². The van der Waals surface area contributed by atoms with Crippen molar-refractivity contribution in [2.24, 2.45) is 0 Å². The van der Waals surface area contributed by atoms with Crippen LogP contribution in [0.1, 0.15) is 13.8 Å². The van der Waals surface area contributed by atoms with Gasteiger partial charge in [0.15, 0.2) is 0 Å². The summed E-state index contributed by atoms with van der Waals surface area (Å²) in [6.45, 7) is 7.05. The first kappa shape index (κ1) is 8.71. The van der Waals surface area contributed by atoms with Crippen LogP contribution in [0.25, 0.3) is 0 Å². The third-order valence-corrected chi connectivity index (χ3v) is 2.20. The minimum Gasteiger partial charge on any atom is -0.278 e. The van der Waals surface area contributed by atoms with Crippen LogP contribution in [0.2, 0.25) is 0 Å². The van der Waals surface area contributed by atoms with Crippen LogP contribution in [0.4, 0.5) is 0 Å². The molecule has 3 heteroatoms. The molecule has 1 aliphatic heterocycles. The highest BCUT2D eigenvalue weighted by Gasteiger charge is 2.28. The summed E-state index contributed by atoms with van der Waals surface area (Å²) in [5.41, 5.74) is 1.71. The van der Waals surface area contributed by atoms with Gasteiger partial charge in [-0.25, -0.2) is 0 Å². The second kappa shape index (κ2) is 2.59. The highest BCUT2D eigenvalue weighted by molar-refractivity contribution is 6.15. The molecular formula is C9H11NO2. The number of hydrogen-bond acceptors (Lipinski definition) is 2. The van der Waals surface area contributed by atoms with Crippen LogP contribution in [0.15, 0.2) is 23.3 Å². The number of hydrogen-bond donors (Lipinski definition) is 0. The second-order valence-corrected chi connectivity index (χ2v) is 2.90. The molecule has 0 aliphatic carbocycles. The molecule has 0 bridgehead atoms. The zero-order chi connectivity index (χ0) is 9.46. The summed E-state index contributed by atoms with van der Waals surface area (Å²) in [6, 6.07) is 0. The predicted molar refractivity (Wildman–Crippen MR) is 45.3 cm³/mol. The van der Waals surface area contributed by atoms with Gasteiger partial charge in [-0.05, 0) is 19.4 Å². The zero-order valence-electron chi connectivity index (χ0n) is 7.47. The molecule has 12 heavy (non-hydrogen) atoms. The summed E-state index contributed by atoms with van der Waals surface area (Å²) in [6.07, 6.45) is 0. The van der Waals surface area contributed by atoms with Crippen LogP contribution in [0.5, 0.6) is 0 Å². The Bertz CT molecular complexity index is 312. The van der Waals surface area contributed by atoms with E-state index in [0.29, 0.717) is 16.7 Å². The summed E-state index contributed by atoms with van der Waals surface area (Å²) in [7, 11) is 1.46. The minimum atomic E-state index is -0.303. The van der Waals surface area contributed by atoms with E-state index in [1.54, 1.807) is 13.8 Å². The number of carbonyl (C=O) groups is 2. The van der Waals surface area contributed by atoms with Crippen molar-refractivity contribution in [3.63, 3.8) is 0 Å². The Balaban J connectivity index is 3.27. The third kappa shape index (κ3) is 0.978. The van der Waals surface area contributed by atoms with Gasteiger partial charge in [0.05, 0.1) is 0 Å². The van der Waals surface area contributed by atoms with Crippen LogP contribution in [0.3, 0.4) is 0 Å². The van der Waals surface area contributed by atoms with Crippen molar-refractivity contribution >= 4 is 11.8 Å². The van der Waals surface area contributed by atoms with Crippen molar-refractivity contribution in [3.8, 4) is 0 Å². The van der Waals surface area contributed by atoms with Gasteiger partial charge in [0.1, 0.15) is 0 Å². The lowest BCUT2D eigenvalue weighted by molar-refractivity contribution is -0.138. The number of imide groups is 1. The molecule has 0 aromatic heterocycles. The van der Waals surface area contributed by atoms with Gasteiger partial charge in [-0.3, -0.25) is 14.5 Å². The first-order chi connectivity index (χ1) is 5.46. The maximum absolute atomic E-state index is 11.3. The standard InChI is InChI=1S/C9H11NO2/c1-5-6(2)8(11)10(4)9(12)7(5)3/h2H2,1,3-4H3. The third-order valence-electron chi connectivity index (χ3n) is 2.20. The maximum atomic E-state index is 11.3. The minimum absolute atomic E-state index is 0.232. The van der Waals surface area contributed by atoms with Crippen molar-refractivity contribution in [1.82, 2.24) is 4.90 Å². The number of carbonyl (C=O) groups excluding carboxylic acids is 2. The molecule has 0 spiro atoms. The monoisotopic (exact) mass is 165 g/mol. The molecular weight excluding hydrogens is 154 g/mol. The van der Waals surface area contributed by atoms with Crippen LogP contribution in [-0.4, -0.2) is 23.8 Å². The van der Waals surface area contributed by atoms with E-state index in [2.05, 4.69) is 6.58 Å². The van der Waals surface area contributed by atoms with Crippen molar-refractivity contribution in [3.05, 3.63) is 23.3 Å². The average molecular weight is 165 g/mol. The summed E-state index contributed by atoms with van der Waals surface area (Å²) in [5.74, 6) is -0.534. The lowest BCUT2D eigenvalue weighted by atomic mass is 9.98. The highest BCUT2D eigenvalue weighted by Crippen LogP contribution is 2.21. The molecule has 0 aromatic rings. The molecule has 0 saturated carbocycles. The number of rotatable bonds is 0. The van der Waals surface area contributed by atoms with E-state index in [0.717, 1.165) is 4.90 Å². The highest BCUT2D eigenvalue weighted by atomic mass is 16.2. The molecule has 1 aliphatic rings. The summed E-state index contributed by atoms with van der Waals surface area (Å²) < 4.78 is 0. The molecule has 2 amide bonds. The first-order valence-electron chi connectivity index (χ1n) is 3.66. The van der Waals surface area contributed by atoms with Gasteiger partial charge in [0, 0.05) is 18.2 Å². The zero-order valence-corrected chi connectivity index (χ0v) is 7.47. The Morgan fingerprint density at radius 2 is 1.58 bits per heavy atom. The van der Waals surface area contributed by atoms with E-state index in [1.807, 2.05) is 0 Å². The Kier molecular flexibility index (Phi) is 1.88. The lowest BCUT2D eigenvalue weighted by Crippen LogP contribution is -2.38. The second-order valence-electron chi connectivity index (χ2n) is 2.90. The Hall–Kier alpha value is -1.38. The molecule has 0 fully saturated rings. The SMILES string of the molecule is C=C1C(=O)N(C)C(=O)C(C)=C1C. The topological polar surface area (TPSA) is 37.4 Å². The van der Waals surface area contributed by atoms with Gasteiger partial charge in [-0.15, -0.1) is 0 Å². The van der Waals surface area contributed by atoms with Crippen molar-refractivity contribution in [2.45, 2.75) is 13.8 Å². The van der Waals surface area contributed by atoms with E-state index in [1.165, 1.54) is 7.05 Å². The van der Waals surface area contributed by atoms with Crippen LogP contribution < -0.4 is 0 Å². The molecule has 1 heterocycles. The van der Waals surface area contributed by atoms with Crippen molar-refractivity contribution in [1.29, 1.82) is 0 Å². The van der Waals surface area contributed by atoms with Crippen LogP contribution >= 0.6 is 0 Å².